The molecule has 0 aliphatic heterocycles. The van der Waals surface area contributed by atoms with Crippen molar-refractivity contribution >= 4 is 22.9 Å². The lowest BCUT2D eigenvalue weighted by Gasteiger charge is -2.16. The van der Waals surface area contributed by atoms with Gasteiger partial charge in [0, 0.05) is 5.69 Å². The number of anilines is 2. The monoisotopic (exact) mass is 328 g/mol. The molecule has 0 aliphatic rings. The molecule has 1 unspecified atom stereocenters. The molecule has 124 valence electrons. The highest BCUT2D eigenvalue weighted by Crippen LogP contribution is 2.18. The molecule has 0 aliphatic carbocycles. The van der Waals surface area contributed by atoms with Gasteiger partial charge in [-0.1, -0.05) is 0 Å². The molecule has 3 aromatic rings. The van der Waals surface area contributed by atoms with E-state index in [1.165, 1.54) is 18.5 Å². The summed E-state index contributed by atoms with van der Waals surface area (Å²) in [5, 5.41) is 18.0. The predicted octanol–water partition coefficient (Wildman–Crippen LogP) is 2.32. The third-order valence-corrected chi connectivity index (χ3v) is 3.60. The number of benzene rings is 1. The molecule has 0 spiro atoms. The molecule has 1 amide bonds. The fourth-order valence-corrected chi connectivity index (χ4v) is 2.37. The van der Waals surface area contributed by atoms with Crippen LogP contribution in [-0.2, 0) is 4.79 Å². The van der Waals surface area contributed by atoms with Gasteiger partial charge < -0.3 is 10.6 Å². The number of nitrogens with one attached hydrogen (secondary N) is 2. The van der Waals surface area contributed by atoms with Crippen molar-refractivity contribution in [1.82, 2.24) is 19.8 Å². The number of carbonyl (C=O) groups is 1. The summed E-state index contributed by atoms with van der Waals surface area (Å²) >= 11 is 0. The van der Waals surface area contributed by atoms with Crippen molar-refractivity contribution < 1.29 is 9.18 Å². The summed E-state index contributed by atoms with van der Waals surface area (Å²) in [5.74, 6) is -0.574. The number of halogens is 1. The fraction of sp³-hybridized carbons (Fsp3) is 0.250. The van der Waals surface area contributed by atoms with Crippen molar-refractivity contribution in [2.75, 3.05) is 10.6 Å². The van der Waals surface area contributed by atoms with Crippen molar-refractivity contribution in [1.29, 1.82) is 0 Å². The van der Waals surface area contributed by atoms with Crippen LogP contribution in [0.1, 0.15) is 18.2 Å². The van der Waals surface area contributed by atoms with Crippen LogP contribution in [0, 0.1) is 19.7 Å². The number of hydrogen-bond acceptors (Lipinski definition) is 5. The average molecular weight is 328 g/mol. The van der Waals surface area contributed by atoms with Crippen molar-refractivity contribution in [2.45, 2.75) is 26.8 Å². The summed E-state index contributed by atoms with van der Waals surface area (Å²) in [5.41, 5.74) is 3.22. The van der Waals surface area contributed by atoms with E-state index in [0.717, 1.165) is 5.69 Å². The van der Waals surface area contributed by atoms with Crippen LogP contribution in [0.15, 0.2) is 30.6 Å². The Hall–Kier alpha value is -3.03. The van der Waals surface area contributed by atoms with Crippen molar-refractivity contribution in [3.8, 4) is 0 Å². The summed E-state index contributed by atoms with van der Waals surface area (Å²) in [4.78, 5) is 12.4. The van der Waals surface area contributed by atoms with Crippen LogP contribution in [0.25, 0.3) is 5.65 Å². The van der Waals surface area contributed by atoms with Crippen LogP contribution in [-0.4, -0.2) is 31.8 Å². The van der Waals surface area contributed by atoms with E-state index in [-0.39, 0.29) is 11.7 Å². The standard InChI is InChI=1S/C16H17FN6O/c1-9-6-12(17)4-5-13(9)20-16(24)11(3)19-14-7-10(2)22-23-8-18-21-15(14)23/h4-8,11,19H,1-3H3,(H,20,24). The Labute approximate surface area is 137 Å². The van der Waals surface area contributed by atoms with Gasteiger partial charge in [-0.3, -0.25) is 4.79 Å². The smallest absolute Gasteiger partial charge is 0.246 e. The lowest BCUT2D eigenvalue weighted by molar-refractivity contribution is -0.116. The van der Waals surface area contributed by atoms with Gasteiger partial charge in [-0.15, -0.1) is 10.2 Å². The maximum absolute atomic E-state index is 13.1. The predicted molar refractivity (Wildman–Crippen MR) is 88.4 cm³/mol. The Bertz CT molecular complexity index is 907. The van der Waals surface area contributed by atoms with E-state index < -0.39 is 6.04 Å². The van der Waals surface area contributed by atoms with Gasteiger partial charge in [0.1, 0.15) is 18.2 Å². The van der Waals surface area contributed by atoms with Gasteiger partial charge in [-0.2, -0.15) is 9.61 Å². The third-order valence-electron chi connectivity index (χ3n) is 3.60. The van der Waals surface area contributed by atoms with Gasteiger partial charge in [0.25, 0.3) is 0 Å². The zero-order valence-corrected chi connectivity index (χ0v) is 13.5. The fourth-order valence-electron chi connectivity index (χ4n) is 2.37. The molecule has 3 rings (SSSR count). The van der Waals surface area contributed by atoms with E-state index in [2.05, 4.69) is 25.9 Å². The highest BCUT2D eigenvalue weighted by molar-refractivity contribution is 5.97. The third kappa shape index (κ3) is 3.17. The number of aromatic nitrogens is 4. The topological polar surface area (TPSA) is 84.2 Å². The van der Waals surface area contributed by atoms with Gasteiger partial charge in [-0.05, 0) is 50.6 Å². The molecule has 2 heterocycles. The Morgan fingerprint density at radius 2 is 2.04 bits per heavy atom. The summed E-state index contributed by atoms with van der Waals surface area (Å²) in [6.07, 6.45) is 1.50. The Kier molecular flexibility index (Phi) is 4.11. The second kappa shape index (κ2) is 6.23. The molecule has 7 nitrogen and oxygen atoms in total. The average Bonchev–Trinajstić information content (AvgIpc) is 2.98. The van der Waals surface area contributed by atoms with Crippen LogP contribution < -0.4 is 10.6 Å². The first kappa shape index (κ1) is 15.9. The highest BCUT2D eigenvalue weighted by Gasteiger charge is 2.16. The zero-order chi connectivity index (χ0) is 17.3. The van der Waals surface area contributed by atoms with E-state index in [1.807, 2.05) is 6.92 Å². The molecule has 1 atom stereocenters. The summed E-state index contributed by atoms with van der Waals surface area (Å²) in [6, 6.07) is 5.50. The van der Waals surface area contributed by atoms with E-state index in [1.54, 1.807) is 30.5 Å². The second-order valence-corrected chi connectivity index (χ2v) is 5.61. The van der Waals surface area contributed by atoms with Gasteiger partial charge in [0.2, 0.25) is 11.6 Å². The largest absolute Gasteiger partial charge is 0.371 e. The highest BCUT2D eigenvalue weighted by atomic mass is 19.1. The number of hydrogen-bond donors (Lipinski definition) is 2. The van der Waals surface area contributed by atoms with Crippen LogP contribution >= 0.6 is 0 Å². The zero-order valence-electron chi connectivity index (χ0n) is 13.5. The van der Waals surface area contributed by atoms with Gasteiger partial charge in [-0.25, -0.2) is 4.39 Å². The van der Waals surface area contributed by atoms with Gasteiger partial charge in [0.15, 0.2) is 0 Å². The molecule has 2 N–H and O–H groups in total. The number of nitrogens with zero attached hydrogens (tertiary/aromatic N) is 4. The molecule has 0 saturated heterocycles. The number of fused-ring (bicyclic) bond motifs is 1. The lowest BCUT2D eigenvalue weighted by Crippen LogP contribution is -2.32. The number of aryl methyl sites for hydroxylation is 2. The summed E-state index contributed by atoms with van der Waals surface area (Å²) < 4.78 is 14.7. The molecular weight excluding hydrogens is 311 g/mol. The minimum absolute atomic E-state index is 0.239. The summed E-state index contributed by atoms with van der Waals surface area (Å²) in [7, 11) is 0. The van der Waals surface area contributed by atoms with Gasteiger partial charge in [0.05, 0.1) is 11.4 Å². The molecule has 2 aromatic heterocycles. The number of amides is 1. The molecule has 0 fully saturated rings. The van der Waals surface area contributed by atoms with E-state index in [4.69, 9.17) is 0 Å². The quantitative estimate of drug-likeness (QED) is 0.768. The molecule has 0 bridgehead atoms. The molecule has 24 heavy (non-hydrogen) atoms. The molecule has 0 saturated carbocycles. The van der Waals surface area contributed by atoms with E-state index in [0.29, 0.717) is 22.6 Å². The minimum Gasteiger partial charge on any atom is -0.371 e. The van der Waals surface area contributed by atoms with Crippen LogP contribution in [0.3, 0.4) is 0 Å². The van der Waals surface area contributed by atoms with Crippen molar-refractivity contribution in [2.24, 2.45) is 0 Å². The van der Waals surface area contributed by atoms with Crippen LogP contribution in [0.5, 0.6) is 0 Å². The molecule has 1 aromatic carbocycles. The molecule has 8 heteroatoms. The summed E-state index contributed by atoms with van der Waals surface area (Å²) in [6.45, 7) is 5.32. The minimum atomic E-state index is -0.531. The first-order valence-corrected chi connectivity index (χ1v) is 7.45. The number of rotatable bonds is 4. The van der Waals surface area contributed by atoms with Crippen LogP contribution in [0.2, 0.25) is 0 Å². The van der Waals surface area contributed by atoms with Crippen molar-refractivity contribution in [3.63, 3.8) is 0 Å². The van der Waals surface area contributed by atoms with Gasteiger partial charge >= 0.3 is 0 Å². The van der Waals surface area contributed by atoms with E-state index in [9.17, 15) is 9.18 Å². The lowest BCUT2D eigenvalue weighted by atomic mass is 10.2. The first-order valence-electron chi connectivity index (χ1n) is 7.45. The SMILES string of the molecule is Cc1cc(NC(C)C(=O)Nc2ccc(F)cc2C)c2nncn2n1. The first-order chi connectivity index (χ1) is 11.4. The van der Waals surface area contributed by atoms with E-state index >= 15 is 0 Å². The Morgan fingerprint density at radius 3 is 2.79 bits per heavy atom. The normalized spacial score (nSPS) is 12.2. The second-order valence-electron chi connectivity index (χ2n) is 5.61. The van der Waals surface area contributed by atoms with Crippen LogP contribution in [0.4, 0.5) is 15.8 Å². The molecule has 0 radical (unpaired) electrons. The number of carbonyl (C=O) groups excluding carboxylic acids is 1. The Morgan fingerprint density at radius 1 is 1.25 bits per heavy atom. The van der Waals surface area contributed by atoms with Crippen molar-refractivity contribution in [3.05, 3.63) is 47.7 Å². The maximum Gasteiger partial charge on any atom is 0.246 e. The maximum atomic E-state index is 13.1. The Balaban J connectivity index is 1.77. The molecular formula is C16H17FN6O.